The Morgan fingerprint density at radius 2 is 2.00 bits per heavy atom. The van der Waals surface area contributed by atoms with Crippen molar-refractivity contribution in [3.8, 4) is 5.75 Å². The van der Waals surface area contributed by atoms with E-state index in [0.717, 1.165) is 16.9 Å². The molecule has 0 bridgehead atoms. The number of non-ortho nitro benzene ring substituents is 1. The molecule has 1 amide bonds. The lowest BCUT2D eigenvalue weighted by molar-refractivity contribution is -0.384. The van der Waals surface area contributed by atoms with Gasteiger partial charge in [0.25, 0.3) is 5.69 Å². The van der Waals surface area contributed by atoms with Crippen LogP contribution in [0.2, 0.25) is 0 Å². The number of carbonyl (C=O) groups is 1. The highest BCUT2D eigenvalue weighted by Crippen LogP contribution is 2.33. The zero-order valence-electron chi connectivity index (χ0n) is 12.1. The van der Waals surface area contributed by atoms with Gasteiger partial charge in [-0.3, -0.25) is 15.4 Å². The smallest absolute Gasteiger partial charge is 0.410 e. The summed E-state index contributed by atoms with van der Waals surface area (Å²) in [7, 11) is 0. The van der Waals surface area contributed by atoms with Crippen LogP contribution in [0.15, 0.2) is 36.4 Å². The molecule has 0 aliphatic heterocycles. The Kier molecular flexibility index (Phi) is 4.00. The summed E-state index contributed by atoms with van der Waals surface area (Å²) in [6.07, 6.45) is -0.811. The van der Waals surface area contributed by atoms with Gasteiger partial charge in [-0.1, -0.05) is 23.5 Å². The van der Waals surface area contributed by atoms with Gasteiger partial charge in [-0.15, -0.1) is 0 Å². The predicted octanol–water partition coefficient (Wildman–Crippen LogP) is 3.59. The van der Waals surface area contributed by atoms with Crippen LogP contribution in [0.25, 0.3) is 10.2 Å². The minimum Gasteiger partial charge on any atom is -0.508 e. The molecule has 0 saturated heterocycles. The van der Waals surface area contributed by atoms with Crippen molar-refractivity contribution in [1.82, 2.24) is 4.98 Å². The molecule has 122 valence electrons. The van der Waals surface area contributed by atoms with Crippen LogP contribution in [0.4, 0.5) is 15.6 Å². The third kappa shape index (κ3) is 3.25. The fourth-order valence-corrected chi connectivity index (χ4v) is 3.25. The summed E-state index contributed by atoms with van der Waals surface area (Å²) >= 11 is 1.12. The van der Waals surface area contributed by atoms with Gasteiger partial charge in [0.1, 0.15) is 5.75 Å². The molecule has 0 atom stereocenters. The molecule has 8 nitrogen and oxygen atoms in total. The topological polar surface area (TPSA) is 126 Å². The molecule has 9 heteroatoms. The van der Waals surface area contributed by atoms with Crippen LogP contribution in [-0.4, -0.2) is 26.2 Å². The first kappa shape index (κ1) is 15.7. The van der Waals surface area contributed by atoms with E-state index in [4.69, 9.17) is 5.11 Å². The largest absolute Gasteiger partial charge is 0.508 e. The summed E-state index contributed by atoms with van der Waals surface area (Å²) in [6, 6.07) is 9.16. The van der Waals surface area contributed by atoms with Crippen LogP contribution in [0.5, 0.6) is 5.75 Å². The second kappa shape index (κ2) is 6.13. The summed E-state index contributed by atoms with van der Waals surface area (Å²) in [4.78, 5) is 25.2. The third-order valence-corrected chi connectivity index (χ3v) is 4.23. The van der Waals surface area contributed by atoms with Gasteiger partial charge < -0.3 is 10.2 Å². The second-order valence-corrected chi connectivity index (χ2v) is 6.03. The van der Waals surface area contributed by atoms with Crippen LogP contribution in [0, 0.1) is 10.1 Å². The van der Waals surface area contributed by atoms with Crippen molar-refractivity contribution in [1.29, 1.82) is 0 Å². The molecule has 3 rings (SSSR count). The number of aromatic hydroxyl groups is 1. The van der Waals surface area contributed by atoms with Crippen molar-refractivity contribution >= 4 is 38.5 Å². The fourth-order valence-electron chi connectivity index (χ4n) is 2.32. The van der Waals surface area contributed by atoms with Gasteiger partial charge in [0.2, 0.25) is 0 Å². The first-order valence-corrected chi connectivity index (χ1v) is 7.60. The average molecular weight is 345 g/mol. The standard InChI is InChI=1S/C15H11N3O5S/c19-11-6-9(5-8-1-3-10(4-2-8)18(22)23)13-12(7-11)24-14(16-13)17-15(20)21/h1-4,6-7,19H,5H2,(H,16,17)(H,20,21). The molecular weight excluding hydrogens is 334 g/mol. The van der Waals surface area contributed by atoms with E-state index in [1.807, 2.05) is 0 Å². The van der Waals surface area contributed by atoms with E-state index in [1.54, 1.807) is 18.2 Å². The number of hydrogen-bond donors (Lipinski definition) is 3. The Labute approximate surface area is 139 Å². The van der Waals surface area contributed by atoms with Gasteiger partial charge >= 0.3 is 6.09 Å². The van der Waals surface area contributed by atoms with E-state index in [0.29, 0.717) is 22.2 Å². The maximum atomic E-state index is 10.7. The first-order chi connectivity index (χ1) is 11.4. The molecule has 0 spiro atoms. The minimum atomic E-state index is -1.21. The highest BCUT2D eigenvalue weighted by molar-refractivity contribution is 7.22. The van der Waals surface area contributed by atoms with Gasteiger partial charge in [-0.05, 0) is 29.7 Å². The number of benzene rings is 2. The van der Waals surface area contributed by atoms with Crippen molar-refractivity contribution in [3.05, 3.63) is 57.6 Å². The van der Waals surface area contributed by atoms with Gasteiger partial charge in [0, 0.05) is 12.1 Å². The monoisotopic (exact) mass is 345 g/mol. The normalized spacial score (nSPS) is 10.7. The van der Waals surface area contributed by atoms with Crippen molar-refractivity contribution in [2.75, 3.05) is 5.32 Å². The third-order valence-electron chi connectivity index (χ3n) is 3.31. The lowest BCUT2D eigenvalue weighted by Gasteiger charge is -2.04. The number of anilines is 1. The zero-order chi connectivity index (χ0) is 17.3. The van der Waals surface area contributed by atoms with Gasteiger partial charge in [-0.2, -0.15) is 0 Å². The number of phenolic OH excluding ortho intramolecular Hbond substituents is 1. The van der Waals surface area contributed by atoms with Crippen LogP contribution in [-0.2, 0) is 6.42 Å². The molecule has 2 aromatic carbocycles. The number of phenols is 1. The first-order valence-electron chi connectivity index (χ1n) is 6.78. The van der Waals surface area contributed by atoms with Crippen LogP contribution < -0.4 is 5.32 Å². The van der Waals surface area contributed by atoms with E-state index in [1.165, 1.54) is 18.2 Å². The summed E-state index contributed by atoms with van der Waals surface area (Å²) in [5.41, 5.74) is 2.10. The molecule has 0 radical (unpaired) electrons. The second-order valence-electron chi connectivity index (χ2n) is 5.00. The Balaban J connectivity index is 1.97. The Morgan fingerprint density at radius 3 is 2.62 bits per heavy atom. The Hall–Kier alpha value is -3.20. The van der Waals surface area contributed by atoms with E-state index >= 15 is 0 Å². The quantitative estimate of drug-likeness (QED) is 0.490. The highest BCUT2D eigenvalue weighted by atomic mass is 32.1. The molecule has 0 saturated carbocycles. The molecule has 0 aliphatic carbocycles. The van der Waals surface area contributed by atoms with E-state index in [2.05, 4.69) is 10.3 Å². The van der Waals surface area contributed by atoms with Crippen molar-refractivity contribution in [2.45, 2.75) is 6.42 Å². The number of nitro benzene ring substituents is 1. The van der Waals surface area contributed by atoms with E-state index in [-0.39, 0.29) is 16.6 Å². The summed E-state index contributed by atoms with van der Waals surface area (Å²) < 4.78 is 0.649. The molecule has 1 aromatic heterocycles. The maximum Gasteiger partial charge on any atom is 0.410 e. The maximum absolute atomic E-state index is 10.7. The number of hydrogen-bond acceptors (Lipinski definition) is 6. The summed E-state index contributed by atoms with van der Waals surface area (Å²) in [6.45, 7) is 0. The number of thiazole rings is 1. The molecule has 3 aromatic rings. The number of nitrogens with zero attached hydrogens (tertiary/aromatic N) is 2. The number of nitro groups is 1. The lowest BCUT2D eigenvalue weighted by atomic mass is 10.0. The number of amides is 1. The SMILES string of the molecule is O=C(O)Nc1nc2c(Cc3ccc([N+](=O)[O-])cc3)cc(O)cc2s1. The Morgan fingerprint density at radius 1 is 1.29 bits per heavy atom. The Bertz CT molecular complexity index is 936. The molecule has 24 heavy (non-hydrogen) atoms. The zero-order valence-corrected chi connectivity index (χ0v) is 12.9. The molecule has 0 unspecified atom stereocenters. The number of rotatable bonds is 4. The predicted molar refractivity (Wildman–Crippen MR) is 88.8 cm³/mol. The number of nitrogens with one attached hydrogen (secondary N) is 1. The number of carboxylic acid groups (broad SMARTS) is 1. The lowest BCUT2D eigenvalue weighted by Crippen LogP contribution is -2.06. The molecule has 3 N–H and O–H groups in total. The van der Waals surface area contributed by atoms with Gasteiger partial charge in [-0.25, -0.2) is 9.78 Å². The van der Waals surface area contributed by atoms with Crippen molar-refractivity contribution in [2.24, 2.45) is 0 Å². The molecule has 0 fully saturated rings. The summed E-state index contributed by atoms with van der Waals surface area (Å²) in [5.74, 6) is 0.0462. The number of fused-ring (bicyclic) bond motifs is 1. The highest BCUT2D eigenvalue weighted by Gasteiger charge is 2.13. The molecule has 1 heterocycles. The van der Waals surface area contributed by atoms with Crippen LogP contribution in [0.1, 0.15) is 11.1 Å². The van der Waals surface area contributed by atoms with Crippen LogP contribution >= 0.6 is 11.3 Å². The molecular formula is C15H11N3O5S. The van der Waals surface area contributed by atoms with Crippen molar-refractivity contribution < 1.29 is 19.9 Å². The van der Waals surface area contributed by atoms with E-state index < -0.39 is 11.0 Å². The minimum absolute atomic E-state index is 0.00130. The van der Waals surface area contributed by atoms with Crippen molar-refractivity contribution in [3.63, 3.8) is 0 Å². The van der Waals surface area contributed by atoms with Crippen LogP contribution in [0.3, 0.4) is 0 Å². The van der Waals surface area contributed by atoms with Gasteiger partial charge in [0.15, 0.2) is 5.13 Å². The molecule has 0 aliphatic rings. The fraction of sp³-hybridized carbons (Fsp3) is 0.0667. The van der Waals surface area contributed by atoms with E-state index in [9.17, 15) is 20.0 Å². The average Bonchev–Trinajstić information content (AvgIpc) is 2.89. The van der Waals surface area contributed by atoms with Gasteiger partial charge in [0.05, 0.1) is 15.1 Å². The summed E-state index contributed by atoms with van der Waals surface area (Å²) in [5, 5.41) is 31.7. The number of aromatic nitrogens is 1.